The summed E-state index contributed by atoms with van der Waals surface area (Å²) >= 11 is 1.38. The number of hydrogen-bond donors (Lipinski definition) is 1. The SMILES string of the molecule is Cc1csc(C)c1N(C(N)=O)S(=O)(=O)N(c1cnn(C)c1)C1CCCN(C)C1. The monoisotopic (exact) mass is 426 g/mol. The molecule has 2 amide bonds. The highest BCUT2D eigenvalue weighted by Crippen LogP contribution is 2.35. The van der Waals surface area contributed by atoms with Crippen molar-refractivity contribution in [2.75, 3.05) is 28.7 Å². The zero-order valence-corrected chi connectivity index (χ0v) is 18.1. The molecule has 0 saturated carbocycles. The first kappa shape index (κ1) is 20.6. The lowest BCUT2D eigenvalue weighted by atomic mass is 10.1. The Morgan fingerprint density at radius 2 is 2.07 bits per heavy atom. The van der Waals surface area contributed by atoms with Crippen LogP contribution in [0.3, 0.4) is 0 Å². The van der Waals surface area contributed by atoms with Crippen molar-refractivity contribution in [1.29, 1.82) is 0 Å². The number of carbonyl (C=O) groups excluding carboxylic acids is 1. The maximum atomic E-state index is 13.8. The Morgan fingerprint density at radius 1 is 1.36 bits per heavy atom. The van der Waals surface area contributed by atoms with Crippen LogP contribution in [-0.2, 0) is 17.3 Å². The van der Waals surface area contributed by atoms with E-state index in [0.29, 0.717) is 34.8 Å². The summed E-state index contributed by atoms with van der Waals surface area (Å²) in [5.41, 5.74) is 7.02. The van der Waals surface area contributed by atoms with Gasteiger partial charge < -0.3 is 10.6 Å². The third kappa shape index (κ3) is 3.74. The Labute approximate surface area is 169 Å². The molecule has 0 aromatic carbocycles. The van der Waals surface area contributed by atoms with Gasteiger partial charge in [0.15, 0.2) is 0 Å². The average molecular weight is 427 g/mol. The minimum Gasteiger partial charge on any atom is -0.350 e. The number of piperidine rings is 1. The number of nitrogens with two attached hydrogens (primary N) is 1. The Kier molecular flexibility index (Phi) is 5.69. The Bertz CT molecular complexity index is 948. The van der Waals surface area contributed by atoms with Gasteiger partial charge in [0, 0.05) is 24.7 Å². The highest BCUT2D eigenvalue weighted by atomic mass is 32.2. The lowest BCUT2D eigenvalue weighted by molar-refractivity contribution is 0.252. The summed E-state index contributed by atoms with van der Waals surface area (Å²) in [6.07, 6.45) is 4.69. The van der Waals surface area contributed by atoms with Gasteiger partial charge in [0.1, 0.15) is 0 Å². The van der Waals surface area contributed by atoms with Crippen molar-refractivity contribution in [3.05, 3.63) is 28.2 Å². The second-order valence-electron chi connectivity index (χ2n) is 7.16. The molecule has 1 saturated heterocycles. The van der Waals surface area contributed by atoms with E-state index in [2.05, 4.69) is 10.00 Å². The second kappa shape index (κ2) is 7.72. The number of anilines is 2. The van der Waals surface area contributed by atoms with Crippen LogP contribution in [-0.4, -0.2) is 55.3 Å². The van der Waals surface area contributed by atoms with Crippen LogP contribution in [0.2, 0.25) is 0 Å². The Morgan fingerprint density at radius 3 is 2.57 bits per heavy atom. The first-order valence-corrected chi connectivity index (χ1v) is 11.3. The number of carbonyl (C=O) groups is 1. The molecule has 1 unspecified atom stereocenters. The quantitative estimate of drug-likeness (QED) is 0.785. The summed E-state index contributed by atoms with van der Waals surface area (Å²) in [7, 11) is -0.594. The molecule has 0 radical (unpaired) electrons. The van der Waals surface area contributed by atoms with Gasteiger partial charge in [-0.15, -0.1) is 11.3 Å². The molecule has 1 aliphatic heterocycles. The van der Waals surface area contributed by atoms with Gasteiger partial charge in [0.25, 0.3) is 0 Å². The van der Waals surface area contributed by atoms with E-state index in [9.17, 15) is 13.2 Å². The van der Waals surface area contributed by atoms with Crippen molar-refractivity contribution in [2.24, 2.45) is 12.8 Å². The van der Waals surface area contributed by atoms with Crippen LogP contribution in [0.15, 0.2) is 17.8 Å². The van der Waals surface area contributed by atoms with Gasteiger partial charge in [-0.2, -0.15) is 17.8 Å². The maximum Gasteiger partial charge on any atom is 0.334 e. The molecule has 1 atom stereocenters. The molecule has 154 valence electrons. The third-order valence-corrected chi connectivity index (χ3v) is 7.73. The fraction of sp³-hybridized carbons (Fsp3) is 0.529. The third-order valence-electron chi connectivity index (χ3n) is 4.88. The second-order valence-corrected chi connectivity index (χ2v) is 9.90. The van der Waals surface area contributed by atoms with Crippen LogP contribution in [0.4, 0.5) is 16.2 Å². The van der Waals surface area contributed by atoms with E-state index >= 15 is 0 Å². The number of aromatic nitrogens is 2. The van der Waals surface area contributed by atoms with Gasteiger partial charge in [-0.3, -0.25) is 4.68 Å². The fourth-order valence-electron chi connectivity index (χ4n) is 3.68. The fourth-order valence-corrected chi connectivity index (χ4v) is 6.39. The van der Waals surface area contributed by atoms with Gasteiger partial charge >= 0.3 is 16.2 Å². The molecule has 28 heavy (non-hydrogen) atoms. The van der Waals surface area contributed by atoms with Gasteiger partial charge in [-0.25, -0.2) is 9.10 Å². The molecule has 9 nitrogen and oxygen atoms in total. The predicted molar refractivity (Wildman–Crippen MR) is 111 cm³/mol. The molecule has 0 bridgehead atoms. The van der Waals surface area contributed by atoms with Gasteiger partial charge in [0.2, 0.25) is 0 Å². The van der Waals surface area contributed by atoms with Crippen LogP contribution in [0.25, 0.3) is 0 Å². The van der Waals surface area contributed by atoms with E-state index < -0.39 is 16.2 Å². The van der Waals surface area contributed by atoms with Crippen LogP contribution < -0.4 is 14.3 Å². The van der Waals surface area contributed by atoms with E-state index in [0.717, 1.165) is 17.3 Å². The first-order chi connectivity index (χ1) is 13.1. The van der Waals surface area contributed by atoms with Crippen molar-refractivity contribution in [3.8, 4) is 0 Å². The van der Waals surface area contributed by atoms with Crippen LogP contribution in [0.5, 0.6) is 0 Å². The number of rotatable bonds is 5. The summed E-state index contributed by atoms with van der Waals surface area (Å²) in [6.45, 7) is 5.01. The number of likely N-dealkylation sites (N-methyl/N-ethyl adjacent to an activating group) is 1. The summed E-state index contributed by atoms with van der Waals surface area (Å²) in [6, 6.07) is -1.35. The van der Waals surface area contributed by atoms with E-state index in [1.54, 1.807) is 31.8 Å². The molecule has 2 N–H and O–H groups in total. The molecule has 11 heteroatoms. The van der Waals surface area contributed by atoms with E-state index in [-0.39, 0.29) is 6.04 Å². The van der Waals surface area contributed by atoms with Crippen molar-refractivity contribution in [3.63, 3.8) is 0 Å². The molecule has 2 aromatic heterocycles. The predicted octanol–water partition coefficient (Wildman–Crippen LogP) is 1.83. The molecule has 0 spiro atoms. The highest BCUT2D eigenvalue weighted by molar-refractivity contribution is 7.95. The topological polar surface area (TPSA) is 105 Å². The van der Waals surface area contributed by atoms with Crippen molar-refractivity contribution in [2.45, 2.75) is 32.7 Å². The number of aryl methyl sites for hydroxylation is 3. The summed E-state index contributed by atoms with van der Waals surface area (Å²) in [4.78, 5) is 15.2. The van der Waals surface area contributed by atoms with Crippen LogP contribution in [0.1, 0.15) is 23.3 Å². The molecule has 3 rings (SSSR count). The summed E-state index contributed by atoms with van der Waals surface area (Å²) in [5, 5.41) is 5.95. The summed E-state index contributed by atoms with van der Waals surface area (Å²) in [5.74, 6) is 0. The van der Waals surface area contributed by atoms with E-state index in [1.807, 2.05) is 12.4 Å². The molecule has 3 heterocycles. The maximum absolute atomic E-state index is 13.8. The average Bonchev–Trinajstić information content (AvgIpc) is 3.15. The first-order valence-electron chi connectivity index (χ1n) is 8.99. The number of urea groups is 1. The van der Waals surface area contributed by atoms with Crippen molar-refractivity contribution < 1.29 is 13.2 Å². The lowest BCUT2D eigenvalue weighted by Gasteiger charge is -2.39. The number of thiophene rings is 1. The molecule has 1 fully saturated rings. The Hall–Kier alpha value is -2.11. The number of nitrogens with zero attached hydrogens (tertiary/aromatic N) is 5. The number of amides is 2. The lowest BCUT2D eigenvalue weighted by Crippen LogP contribution is -2.56. The molecule has 0 aliphatic carbocycles. The Balaban J connectivity index is 2.14. The zero-order chi connectivity index (χ0) is 20.6. The van der Waals surface area contributed by atoms with Crippen molar-refractivity contribution in [1.82, 2.24) is 14.7 Å². The van der Waals surface area contributed by atoms with E-state index in [4.69, 9.17) is 5.73 Å². The smallest absolute Gasteiger partial charge is 0.334 e. The minimum absolute atomic E-state index is 0.325. The van der Waals surface area contributed by atoms with Gasteiger partial charge in [-0.05, 0) is 51.2 Å². The molecular weight excluding hydrogens is 400 g/mol. The standard InChI is InChI=1S/C17H26N6O3S2/c1-12-11-27-13(2)16(12)23(17(18)24)28(25,26)22(15-8-19-21(4)10-15)14-6-5-7-20(3)9-14/h8,10-11,14H,5-7,9H2,1-4H3,(H2,18,24). The van der Waals surface area contributed by atoms with Gasteiger partial charge in [-0.1, -0.05) is 0 Å². The molecule has 2 aromatic rings. The van der Waals surface area contributed by atoms with Crippen LogP contribution >= 0.6 is 11.3 Å². The minimum atomic E-state index is -4.27. The summed E-state index contributed by atoms with van der Waals surface area (Å²) < 4.78 is 31.2. The number of primary amides is 1. The van der Waals surface area contributed by atoms with Crippen molar-refractivity contribution >= 4 is 39.0 Å². The highest BCUT2D eigenvalue weighted by Gasteiger charge is 2.41. The normalized spacial score (nSPS) is 18.2. The number of likely N-dealkylation sites (tertiary alicyclic amines) is 1. The zero-order valence-electron chi connectivity index (χ0n) is 16.5. The molecule has 1 aliphatic rings. The number of hydrogen-bond acceptors (Lipinski definition) is 6. The van der Waals surface area contributed by atoms with E-state index in [1.165, 1.54) is 21.8 Å². The van der Waals surface area contributed by atoms with Crippen LogP contribution in [0, 0.1) is 13.8 Å². The largest absolute Gasteiger partial charge is 0.350 e. The van der Waals surface area contributed by atoms with Gasteiger partial charge in [0.05, 0.1) is 23.6 Å². The molecular formula is C17H26N6O3S2.